The summed E-state index contributed by atoms with van der Waals surface area (Å²) in [6.45, 7) is 4.20. The number of aliphatic carboxylic acids is 1. The second-order valence-electron chi connectivity index (χ2n) is 3.89. The first kappa shape index (κ1) is 13.4. The van der Waals surface area contributed by atoms with E-state index in [4.69, 9.17) is 9.84 Å². The van der Waals surface area contributed by atoms with Crippen LogP contribution in [0.3, 0.4) is 0 Å². The molecule has 0 radical (unpaired) electrons. The molecule has 3 nitrogen and oxygen atoms in total. The van der Waals surface area contributed by atoms with Crippen LogP contribution >= 0.6 is 0 Å². The average Bonchev–Trinajstić information content (AvgIpc) is 2.26. The van der Waals surface area contributed by atoms with Gasteiger partial charge in [0.05, 0.1) is 12.7 Å². The topological polar surface area (TPSA) is 46.5 Å². The summed E-state index contributed by atoms with van der Waals surface area (Å²) in [7, 11) is 0. The molecular formula is C13H15FO3. The van der Waals surface area contributed by atoms with Gasteiger partial charge in [-0.25, -0.2) is 9.18 Å². The van der Waals surface area contributed by atoms with Gasteiger partial charge >= 0.3 is 5.97 Å². The molecular weight excluding hydrogens is 223 g/mol. The van der Waals surface area contributed by atoms with Crippen LogP contribution in [0.5, 0.6) is 0 Å². The van der Waals surface area contributed by atoms with Crippen LogP contribution in [-0.4, -0.2) is 17.2 Å². The minimum atomic E-state index is -1.10. The van der Waals surface area contributed by atoms with Gasteiger partial charge in [0.25, 0.3) is 0 Å². The lowest BCUT2D eigenvalue weighted by Crippen LogP contribution is -2.02. The van der Waals surface area contributed by atoms with E-state index in [9.17, 15) is 9.18 Å². The molecule has 0 aliphatic rings. The van der Waals surface area contributed by atoms with E-state index in [-0.39, 0.29) is 11.7 Å². The predicted octanol–water partition coefficient (Wildman–Crippen LogP) is 2.85. The van der Waals surface area contributed by atoms with Crippen LogP contribution in [0.1, 0.15) is 25.0 Å². The molecule has 0 fully saturated rings. The third-order valence-electron chi connectivity index (χ3n) is 2.05. The van der Waals surface area contributed by atoms with Gasteiger partial charge in [-0.3, -0.25) is 0 Å². The van der Waals surface area contributed by atoms with Gasteiger partial charge in [-0.2, -0.15) is 0 Å². The maximum atomic E-state index is 13.3. The fraction of sp³-hybridized carbons (Fsp3) is 0.308. The van der Waals surface area contributed by atoms with Gasteiger partial charge in [-0.15, -0.1) is 0 Å². The molecule has 0 unspecified atom stereocenters. The fourth-order valence-corrected chi connectivity index (χ4v) is 1.23. The first-order chi connectivity index (χ1) is 7.99. The Hall–Kier alpha value is -1.68. The quantitative estimate of drug-likeness (QED) is 0.802. The van der Waals surface area contributed by atoms with Crippen molar-refractivity contribution in [3.8, 4) is 0 Å². The Labute approximate surface area is 99.5 Å². The van der Waals surface area contributed by atoms with Crippen molar-refractivity contribution < 1.29 is 19.0 Å². The highest BCUT2D eigenvalue weighted by Gasteiger charge is 2.02. The first-order valence-electron chi connectivity index (χ1n) is 5.30. The zero-order valence-electron chi connectivity index (χ0n) is 9.81. The number of carboxylic acids is 1. The SMILES string of the molecule is CC(C)OCc1ccc(F)c(/C=C/C(=O)O)c1. The number of hydrogen-bond acceptors (Lipinski definition) is 2. The van der Waals surface area contributed by atoms with Gasteiger partial charge in [-0.1, -0.05) is 6.07 Å². The number of carbonyl (C=O) groups is 1. The molecule has 0 spiro atoms. The van der Waals surface area contributed by atoms with Crippen molar-refractivity contribution in [2.24, 2.45) is 0 Å². The highest BCUT2D eigenvalue weighted by molar-refractivity contribution is 5.85. The Morgan fingerprint density at radius 3 is 2.82 bits per heavy atom. The van der Waals surface area contributed by atoms with Crippen LogP contribution in [0, 0.1) is 5.82 Å². The molecule has 1 aromatic carbocycles. The third-order valence-corrected chi connectivity index (χ3v) is 2.05. The van der Waals surface area contributed by atoms with Gasteiger partial charge in [0.15, 0.2) is 0 Å². The second-order valence-corrected chi connectivity index (χ2v) is 3.89. The Kier molecular flexibility index (Phi) is 4.84. The summed E-state index contributed by atoms with van der Waals surface area (Å²) >= 11 is 0. The molecule has 0 aromatic heterocycles. The molecule has 0 amide bonds. The molecule has 4 heteroatoms. The average molecular weight is 238 g/mol. The molecule has 1 aromatic rings. The molecule has 17 heavy (non-hydrogen) atoms. The molecule has 0 aliphatic carbocycles. The molecule has 0 saturated carbocycles. The molecule has 0 heterocycles. The highest BCUT2D eigenvalue weighted by Crippen LogP contribution is 2.13. The maximum Gasteiger partial charge on any atom is 0.328 e. The van der Waals surface area contributed by atoms with E-state index in [1.165, 1.54) is 12.1 Å². The third kappa shape index (κ3) is 4.78. The summed E-state index contributed by atoms with van der Waals surface area (Å²) in [6, 6.07) is 4.51. The van der Waals surface area contributed by atoms with E-state index < -0.39 is 11.8 Å². The molecule has 0 saturated heterocycles. The molecule has 1 N–H and O–H groups in total. The lowest BCUT2D eigenvalue weighted by molar-refractivity contribution is -0.131. The second kappa shape index (κ2) is 6.15. The van der Waals surface area contributed by atoms with Crippen LogP contribution in [0.2, 0.25) is 0 Å². The number of halogens is 1. The lowest BCUT2D eigenvalue weighted by atomic mass is 10.1. The summed E-state index contributed by atoms with van der Waals surface area (Å²) in [5, 5.41) is 8.48. The van der Waals surface area contributed by atoms with Crippen LogP contribution < -0.4 is 0 Å². The predicted molar refractivity (Wildman–Crippen MR) is 63.0 cm³/mol. The monoisotopic (exact) mass is 238 g/mol. The number of ether oxygens (including phenoxy) is 1. The van der Waals surface area contributed by atoms with Crippen molar-refractivity contribution in [3.05, 3.63) is 41.2 Å². The van der Waals surface area contributed by atoms with E-state index in [0.29, 0.717) is 6.61 Å². The molecule has 0 atom stereocenters. The van der Waals surface area contributed by atoms with Crippen molar-refractivity contribution in [1.82, 2.24) is 0 Å². The smallest absolute Gasteiger partial charge is 0.328 e. The van der Waals surface area contributed by atoms with Gasteiger partial charge in [0, 0.05) is 11.6 Å². The van der Waals surface area contributed by atoms with Gasteiger partial charge in [-0.05, 0) is 37.6 Å². The summed E-state index contributed by atoms with van der Waals surface area (Å²) in [5.41, 5.74) is 1.06. The van der Waals surface area contributed by atoms with Crippen LogP contribution in [0.4, 0.5) is 4.39 Å². The molecule has 0 bridgehead atoms. The van der Waals surface area contributed by atoms with E-state index in [1.54, 1.807) is 12.1 Å². The van der Waals surface area contributed by atoms with E-state index >= 15 is 0 Å². The number of benzene rings is 1. The van der Waals surface area contributed by atoms with Gasteiger partial charge in [0.2, 0.25) is 0 Å². The van der Waals surface area contributed by atoms with Crippen LogP contribution in [-0.2, 0) is 16.1 Å². The van der Waals surface area contributed by atoms with Crippen LogP contribution in [0.15, 0.2) is 24.3 Å². The summed E-state index contributed by atoms with van der Waals surface area (Å²) in [6.07, 6.45) is 2.24. The lowest BCUT2D eigenvalue weighted by Gasteiger charge is -2.08. The van der Waals surface area contributed by atoms with E-state index in [2.05, 4.69) is 0 Å². The minimum absolute atomic E-state index is 0.0954. The fourth-order valence-electron chi connectivity index (χ4n) is 1.23. The first-order valence-corrected chi connectivity index (χ1v) is 5.30. The van der Waals surface area contributed by atoms with Gasteiger partial charge < -0.3 is 9.84 Å². The highest BCUT2D eigenvalue weighted by atomic mass is 19.1. The zero-order chi connectivity index (χ0) is 12.8. The summed E-state index contributed by atoms with van der Waals surface area (Å²) in [4.78, 5) is 10.3. The normalized spacial score (nSPS) is 11.3. The van der Waals surface area contributed by atoms with E-state index in [0.717, 1.165) is 11.6 Å². The van der Waals surface area contributed by atoms with Crippen LogP contribution in [0.25, 0.3) is 6.08 Å². The zero-order valence-corrected chi connectivity index (χ0v) is 9.81. The number of hydrogen-bond donors (Lipinski definition) is 1. The number of rotatable bonds is 5. The largest absolute Gasteiger partial charge is 0.478 e. The number of carboxylic acid groups (broad SMARTS) is 1. The Bertz CT molecular complexity index is 425. The Balaban J connectivity index is 2.82. The Morgan fingerprint density at radius 1 is 1.53 bits per heavy atom. The van der Waals surface area contributed by atoms with Crippen molar-refractivity contribution >= 4 is 12.0 Å². The van der Waals surface area contributed by atoms with E-state index in [1.807, 2.05) is 13.8 Å². The summed E-state index contributed by atoms with van der Waals surface area (Å²) < 4.78 is 18.7. The molecule has 92 valence electrons. The molecule has 0 aliphatic heterocycles. The van der Waals surface area contributed by atoms with Crippen molar-refractivity contribution in [2.75, 3.05) is 0 Å². The Morgan fingerprint density at radius 2 is 2.24 bits per heavy atom. The standard InChI is InChI=1S/C13H15FO3/c1-9(2)17-8-10-3-5-12(14)11(7-10)4-6-13(15)16/h3-7,9H,8H2,1-2H3,(H,15,16)/b6-4+. The molecule has 1 rings (SSSR count). The maximum absolute atomic E-state index is 13.3. The van der Waals surface area contributed by atoms with Gasteiger partial charge in [0.1, 0.15) is 5.82 Å². The van der Waals surface area contributed by atoms with Crippen molar-refractivity contribution in [3.63, 3.8) is 0 Å². The van der Waals surface area contributed by atoms with Crippen molar-refractivity contribution in [2.45, 2.75) is 26.6 Å². The van der Waals surface area contributed by atoms with Crippen molar-refractivity contribution in [1.29, 1.82) is 0 Å². The summed E-state index contributed by atoms with van der Waals surface area (Å²) in [5.74, 6) is -1.55. The minimum Gasteiger partial charge on any atom is -0.478 e.